The topological polar surface area (TPSA) is 80.7 Å². The van der Waals surface area contributed by atoms with E-state index in [1.807, 2.05) is 0 Å². The van der Waals surface area contributed by atoms with Crippen LogP contribution < -0.4 is 0 Å². The van der Waals surface area contributed by atoms with Crippen LogP contribution in [0.2, 0.25) is 0 Å². The molecule has 0 saturated carbocycles. The number of ether oxygens (including phenoxy) is 1. The minimum absolute atomic E-state index is 0.347. The number of carbonyl (C=O) groups is 1. The Morgan fingerprint density at radius 3 is 2.72 bits per heavy atom. The number of carboxylic acid groups (broad SMARTS) is 1. The first-order valence-electron chi connectivity index (χ1n) is 4.85. The van der Waals surface area contributed by atoms with E-state index in [1.165, 1.54) is 0 Å². The average molecular weight is 278 g/mol. The van der Waals surface area contributed by atoms with Crippen LogP contribution in [0.1, 0.15) is 15.9 Å². The summed E-state index contributed by atoms with van der Waals surface area (Å²) >= 11 is 0. The van der Waals surface area contributed by atoms with E-state index < -0.39 is 50.8 Å². The first kappa shape index (κ1) is 12.9. The van der Waals surface area contributed by atoms with Gasteiger partial charge in [-0.2, -0.15) is 0 Å². The zero-order valence-electron chi connectivity index (χ0n) is 8.89. The van der Waals surface area contributed by atoms with Gasteiger partial charge in [0.05, 0.1) is 23.7 Å². The average Bonchev–Trinajstić information content (AvgIpc) is 2.39. The van der Waals surface area contributed by atoms with Gasteiger partial charge in [-0.3, -0.25) is 0 Å². The third-order valence-corrected chi connectivity index (χ3v) is 4.33. The smallest absolute Gasteiger partial charge is 0.335 e. The largest absolute Gasteiger partial charge is 0.478 e. The maximum atomic E-state index is 13.6. The molecule has 0 amide bonds. The molecule has 0 bridgehead atoms. The molecule has 0 spiro atoms. The first-order valence-corrected chi connectivity index (χ1v) is 6.40. The highest BCUT2D eigenvalue weighted by Crippen LogP contribution is 2.29. The molecule has 0 saturated heterocycles. The Balaban J connectivity index is 2.75. The van der Waals surface area contributed by atoms with Crippen LogP contribution in [0.25, 0.3) is 0 Å². The minimum atomic E-state index is -4.43. The molecule has 1 aliphatic rings. The Morgan fingerprint density at radius 1 is 1.44 bits per heavy atom. The van der Waals surface area contributed by atoms with Crippen molar-refractivity contribution in [3.05, 3.63) is 29.1 Å². The van der Waals surface area contributed by atoms with Crippen LogP contribution in [0.4, 0.5) is 8.78 Å². The summed E-state index contributed by atoms with van der Waals surface area (Å²) in [4.78, 5) is 10.1. The van der Waals surface area contributed by atoms with Gasteiger partial charge in [0.2, 0.25) is 15.3 Å². The summed E-state index contributed by atoms with van der Waals surface area (Å²) in [6, 6.07) is 1.43. The number of halogens is 2. The second-order valence-electron chi connectivity index (χ2n) is 3.71. The fourth-order valence-corrected chi connectivity index (χ4v) is 2.95. The van der Waals surface area contributed by atoms with E-state index in [4.69, 9.17) is 9.84 Å². The van der Waals surface area contributed by atoms with Gasteiger partial charge >= 0.3 is 5.97 Å². The molecule has 5 nitrogen and oxygen atoms in total. The molecule has 1 atom stereocenters. The molecule has 0 radical (unpaired) electrons. The maximum absolute atomic E-state index is 13.6. The number of sulfone groups is 1. The highest BCUT2D eigenvalue weighted by Gasteiger charge is 2.34. The second-order valence-corrected chi connectivity index (χ2v) is 5.75. The molecule has 18 heavy (non-hydrogen) atoms. The summed E-state index contributed by atoms with van der Waals surface area (Å²) in [5, 5.41) is 8.73. The van der Waals surface area contributed by atoms with Crippen molar-refractivity contribution in [3.8, 4) is 0 Å². The number of aromatic carboxylic acids is 1. The molecule has 0 aliphatic carbocycles. The zero-order chi connectivity index (χ0) is 13.5. The molecule has 8 heteroatoms. The van der Waals surface area contributed by atoms with Crippen LogP contribution in [0, 0.1) is 5.82 Å². The van der Waals surface area contributed by atoms with Gasteiger partial charge in [0.15, 0.2) is 0 Å². The van der Waals surface area contributed by atoms with Crippen molar-refractivity contribution in [1.29, 1.82) is 0 Å². The van der Waals surface area contributed by atoms with Crippen LogP contribution in [-0.4, -0.2) is 31.6 Å². The van der Waals surface area contributed by atoms with E-state index in [0.717, 1.165) is 6.07 Å². The normalized spacial score (nSPS) is 22.0. The van der Waals surface area contributed by atoms with Gasteiger partial charge in [0.25, 0.3) is 0 Å². The van der Waals surface area contributed by atoms with Gasteiger partial charge in [-0.05, 0) is 12.1 Å². The minimum Gasteiger partial charge on any atom is -0.478 e. The molecule has 0 aromatic heterocycles. The Labute approximate surface area is 101 Å². The van der Waals surface area contributed by atoms with Crippen LogP contribution in [-0.2, 0) is 21.2 Å². The van der Waals surface area contributed by atoms with E-state index in [-0.39, 0.29) is 5.56 Å². The quantitative estimate of drug-likeness (QED) is 0.832. The fourth-order valence-electron chi connectivity index (χ4n) is 1.61. The van der Waals surface area contributed by atoms with E-state index in [2.05, 4.69) is 0 Å². The van der Waals surface area contributed by atoms with E-state index >= 15 is 0 Å². The molecule has 1 aliphatic heterocycles. The van der Waals surface area contributed by atoms with Crippen molar-refractivity contribution in [2.75, 3.05) is 6.61 Å². The summed E-state index contributed by atoms with van der Waals surface area (Å²) in [5.41, 5.74) is -3.23. The van der Waals surface area contributed by atoms with Crippen molar-refractivity contribution >= 4 is 15.8 Å². The SMILES string of the molecule is O=C(O)c1cc(F)c2c(c1)S(=O)(=O)[C@@H](F)COC2. The van der Waals surface area contributed by atoms with Gasteiger partial charge in [0.1, 0.15) is 5.82 Å². The molecule has 1 heterocycles. The van der Waals surface area contributed by atoms with Gasteiger partial charge in [0, 0.05) is 5.56 Å². The summed E-state index contributed by atoms with van der Waals surface area (Å²) < 4.78 is 55.2. The van der Waals surface area contributed by atoms with Crippen LogP contribution in [0.15, 0.2) is 17.0 Å². The molecule has 1 aromatic carbocycles. The van der Waals surface area contributed by atoms with Crippen LogP contribution in [0.5, 0.6) is 0 Å². The van der Waals surface area contributed by atoms with Crippen molar-refractivity contribution in [2.45, 2.75) is 17.0 Å². The van der Waals surface area contributed by atoms with Crippen LogP contribution >= 0.6 is 0 Å². The lowest BCUT2D eigenvalue weighted by atomic mass is 10.1. The van der Waals surface area contributed by atoms with Crippen molar-refractivity contribution in [1.82, 2.24) is 0 Å². The van der Waals surface area contributed by atoms with Crippen LogP contribution in [0.3, 0.4) is 0 Å². The van der Waals surface area contributed by atoms with Gasteiger partial charge in [-0.25, -0.2) is 22.0 Å². The Morgan fingerprint density at radius 2 is 2.11 bits per heavy atom. The number of fused-ring (bicyclic) bond motifs is 1. The molecule has 98 valence electrons. The highest BCUT2D eigenvalue weighted by atomic mass is 32.2. The number of hydrogen-bond donors (Lipinski definition) is 1. The summed E-state index contributed by atoms with van der Waals surface area (Å²) in [6.45, 7) is -1.13. The third kappa shape index (κ3) is 1.97. The number of hydrogen-bond acceptors (Lipinski definition) is 4. The number of rotatable bonds is 1. The Hall–Kier alpha value is -1.54. The van der Waals surface area contributed by atoms with Gasteiger partial charge in [-0.1, -0.05) is 0 Å². The Kier molecular flexibility index (Phi) is 3.07. The predicted octanol–water partition coefficient (Wildman–Crippen LogP) is 1.12. The van der Waals surface area contributed by atoms with E-state index in [0.29, 0.717) is 6.07 Å². The van der Waals surface area contributed by atoms with Crippen molar-refractivity contribution in [3.63, 3.8) is 0 Å². The third-order valence-electron chi connectivity index (χ3n) is 2.54. The molecule has 0 unspecified atom stereocenters. The van der Waals surface area contributed by atoms with Gasteiger partial charge < -0.3 is 9.84 Å². The summed E-state index contributed by atoms with van der Waals surface area (Å²) in [6.07, 6.45) is 0. The molecule has 1 N–H and O–H groups in total. The van der Waals surface area contributed by atoms with Gasteiger partial charge in [-0.15, -0.1) is 0 Å². The lowest BCUT2D eigenvalue weighted by Crippen LogP contribution is -2.20. The number of carboxylic acids is 1. The van der Waals surface area contributed by atoms with Crippen molar-refractivity contribution in [2.24, 2.45) is 0 Å². The number of benzene rings is 1. The lowest BCUT2D eigenvalue weighted by Gasteiger charge is -2.09. The Bertz CT molecular complexity index is 611. The molecule has 1 aromatic rings. The maximum Gasteiger partial charge on any atom is 0.335 e. The fraction of sp³-hybridized carbons (Fsp3) is 0.300. The molecular formula is C10H8F2O5S. The second kappa shape index (κ2) is 4.29. The highest BCUT2D eigenvalue weighted by molar-refractivity contribution is 7.92. The summed E-state index contributed by atoms with van der Waals surface area (Å²) in [5.74, 6) is -2.53. The molecule has 0 fully saturated rings. The standard InChI is InChI=1S/C10H8F2O5S/c11-7-1-5(10(13)14)2-8-6(7)3-17-4-9(12)18(8,15)16/h1-2,9H,3-4H2,(H,13,14)/t9-/m1/s1. The van der Waals surface area contributed by atoms with E-state index in [1.54, 1.807) is 0 Å². The first-order chi connectivity index (χ1) is 8.34. The lowest BCUT2D eigenvalue weighted by molar-refractivity contribution is 0.0695. The predicted molar refractivity (Wildman–Crippen MR) is 55.1 cm³/mol. The molecule has 2 rings (SSSR count). The monoisotopic (exact) mass is 278 g/mol. The van der Waals surface area contributed by atoms with Crippen molar-refractivity contribution < 1.29 is 31.8 Å². The zero-order valence-corrected chi connectivity index (χ0v) is 9.71. The number of alkyl halides is 1. The molecular weight excluding hydrogens is 270 g/mol. The van der Waals surface area contributed by atoms with E-state index in [9.17, 15) is 22.0 Å². The summed E-state index contributed by atoms with van der Waals surface area (Å²) in [7, 11) is -4.43.